The summed E-state index contributed by atoms with van der Waals surface area (Å²) >= 11 is 0. The number of carbonyl (C=O) groups excluding carboxylic acids is 1. The smallest absolute Gasteiger partial charge is 0.408 e. The Hall–Kier alpha value is -8.69. The molecule has 396 valence electrons. The van der Waals surface area contributed by atoms with Gasteiger partial charge in [0, 0.05) is 51.3 Å². The van der Waals surface area contributed by atoms with Crippen LogP contribution in [0.15, 0.2) is 182 Å². The van der Waals surface area contributed by atoms with Crippen molar-refractivity contribution in [1.82, 2.24) is 44.8 Å². The fourth-order valence-corrected chi connectivity index (χ4v) is 10.8. The highest BCUT2D eigenvalue weighted by Crippen LogP contribution is 2.45. The quantitative estimate of drug-likeness (QED) is 0.119. The molecule has 2 aliphatic carbocycles. The van der Waals surface area contributed by atoms with Gasteiger partial charge in [0.1, 0.15) is 5.60 Å². The number of benzene rings is 6. The Kier molecular flexibility index (Phi) is 13.9. The van der Waals surface area contributed by atoms with Gasteiger partial charge in [0.05, 0.1) is 28.3 Å². The minimum atomic E-state index is -0.552. The zero-order valence-electron chi connectivity index (χ0n) is 43.9. The van der Waals surface area contributed by atoms with Crippen LogP contribution in [-0.2, 0) is 15.8 Å². The Morgan fingerprint density at radius 3 is 1.35 bits per heavy atom. The van der Waals surface area contributed by atoms with E-state index in [1.165, 1.54) is 12.0 Å². The normalized spacial score (nSPS) is 14.5. The van der Waals surface area contributed by atoms with Crippen molar-refractivity contribution >= 4 is 53.9 Å². The molecule has 4 aromatic heterocycles. The topological polar surface area (TPSA) is 176 Å². The lowest BCUT2D eigenvalue weighted by molar-refractivity contribution is 0.0377. The Balaban J connectivity index is 0.000000165. The zero-order chi connectivity index (χ0) is 52.3. The van der Waals surface area contributed by atoms with Gasteiger partial charge in [0.2, 0.25) is 0 Å². The molecule has 2 fully saturated rings. The van der Waals surface area contributed by atoms with E-state index >= 15 is 0 Å². The van der Waals surface area contributed by atoms with Crippen molar-refractivity contribution in [3.8, 4) is 79.2 Å². The molecule has 2 saturated carbocycles. The predicted molar refractivity (Wildman–Crippen MR) is 317 cm³/mol. The number of nitrogens with one attached hydrogen (secondary N) is 3. The average Bonchev–Trinajstić information content (AvgIpc) is 4.02. The molecule has 0 saturated heterocycles. The number of rotatable bonds is 7. The third-order valence-electron chi connectivity index (χ3n) is 15.2. The third-order valence-corrected chi connectivity index (χ3v) is 15.2. The summed E-state index contributed by atoms with van der Waals surface area (Å²) in [5.74, 6) is 4.51. The Morgan fingerprint density at radius 1 is 0.519 bits per heavy atom. The monoisotopic (exact) mass is 1080 g/mol. The molecule has 0 spiro atoms. The van der Waals surface area contributed by atoms with E-state index in [1.54, 1.807) is 0 Å². The number of nitrogens with zero attached hydrogens (tertiary/aromatic N) is 8. The fourth-order valence-electron chi connectivity index (χ4n) is 10.8. The van der Waals surface area contributed by atoms with E-state index < -0.39 is 17.2 Å². The van der Waals surface area contributed by atoms with Crippen LogP contribution in [0.25, 0.3) is 79.2 Å². The molecule has 0 unspecified atom stereocenters. The Morgan fingerprint density at radius 2 is 0.937 bits per heavy atom. The summed E-state index contributed by atoms with van der Waals surface area (Å²) in [6.45, 7) is 5.63. The summed E-state index contributed by atoms with van der Waals surface area (Å²) in [5, 5.41) is 28.9. The SMILES string of the molecule is CC(C)(C)OC(=O)NC1(c2ccc(-c3nnc4n3-c3cc(-c5ccccc5)cnc3Nc3ccccc3-4)cc2)CCC1.Cl.Cl.NC1(c2ccc(-c3nnc4n3-c3cc(-c5ccccc5)cnc3Nc3ccccc3-4)cc2)CCC1. The van der Waals surface area contributed by atoms with Crippen LogP contribution in [0.2, 0.25) is 0 Å². The highest BCUT2D eigenvalue weighted by Gasteiger charge is 2.41. The largest absolute Gasteiger partial charge is 0.444 e. The number of fused-ring (bicyclic) bond motifs is 10. The van der Waals surface area contributed by atoms with E-state index in [4.69, 9.17) is 25.5 Å². The van der Waals surface area contributed by atoms with Crippen LogP contribution < -0.4 is 21.7 Å². The van der Waals surface area contributed by atoms with Gasteiger partial charge in [-0.15, -0.1) is 45.2 Å². The second-order valence-corrected chi connectivity index (χ2v) is 21.3. The molecular formula is C63H58Cl2N12O2. The molecular weight excluding hydrogens is 1030 g/mol. The van der Waals surface area contributed by atoms with Crippen molar-refractivity contribution in [3.05, 3.63) is 193 Å². The van der Waals surface area contributed by atoms with Gasteiger partial charge < -0.3 is 26.4 Å². The first kappa shape index (κ1) is 52.4. The summed E-state index contributed by atoms with van der Waals surface area (Å²) in [7, 11) is 0. The number of anilines is 4. The van der Waals surface area contributed by atoms with Gasteiger partial charge in [-0.05, 0) is 118 Å². The molecule has 16 heteroatoms. The zero-order valence-corrected chi connectivity index (χ0v) is 45.5. The highest BCUT2D eigenvalue weighted by atomic mass is 35.5. The average molecular weight is 1090 g/mol. The Labute approximate surface area is 470 Å². The molecule has 5 N–H and O–H groups in total. The summed E-state index contributed by atoms with van der Waals surface area (Å²) in [4.78, 5) is 22.3. The van der Waals surface area contributed by atoms with E-state index in [0.29, 0.717) is 5.82 Å². The first-order valence-electron chi connectivity index (χ1n) is 26.3. The summed E-state index contributed by atoms with van der Waals surface area (Å²) in [5.41, 5.74) is 19.4. The fraction of sp³-hybridized carbons (Fsp3) is 0.190. The van der Waals surface area contributed by atoms with Gasteiger partial charge in [0.25, 0.3) is 0 Å². The van der Waals surface area contributed by atoms with Crippen molar-refractivity contribution in [2.24, 2.45) is 5.73 Å². The maximum atomic E-state index is 12.7. The molecule has 0 radical (unpaired) electrons. The minimum Gasteiger partial charge on any atom is -0.444 e. The van der Waals surface area contributed by atoms with E-state index in [1.807, 2.05) is 112 Å². The number of pyridine rings is 2. The number of alkyl carbamates (subject to hydrolysis) is 1. The maximum Gasteiger partial charge on any atom is 0.408 e. The van der Waals surface area contributed by atoms with Gasteiger partial charge >= 0.3 is 6.09 Å². The van der Waals surface area contributed by atoms with Gasteiger partial charge in [-0.3, -0.25) is 9.13 Å². The minimum absolute atomic E-state index is 0. The number of ether oxygens (including phenoxy) is 1. The van der Waals surface area contributed by atoms with Gasteiger partial charge in [0.15, 0.2) is 34.9 Å². The molecule has 2 aliphatic heterocycles. The molecule has 0 atom stereocenters. The van der Waals surface area contributed by atoms with Crippen LogP contribution in [0.1, 0.15) is 70.4 Å². The first-order valence-corrected chi connectivity index (χ1v) is 26.3. The van der Waals surface area contributed by atoms with E-state index in [9.17, 15) is 4.79 Å². The predicted octanol–water partition coefficient (Wildman–Crippen LogP) is 14.5. The maximum absolute atomic E-state index is 12.7. The van der Waals surface area contributed by atoms with E-state index in [0.717, 1.165) is 134 Å². The highest BCUT2D eigenvalue weighted by molar-refractivity contribution is 5.88. The number of nitrogens with two attached hydrogens (primary N) is 1. The molecule has 14 rings (SSSR count). The molecule has 1 amide bonds. The van der Waals surface area contributed by atoms with E-state index in [-0.39, 0.29) is 30.4 Å². The molecule has 0 bridgehead atoms. The summed E-state index contributed by atoms with van der Waals surface area (Å²) in [6.07, 6.45) is 9.47. The van der Waals surface area contributed by atoms with Crippen molar-refractivity contribution in [1.29, 1.82) is 0 Å². The number of hydrogen-bond donors (Lipinski definition) is 4. The standard InChI is InChI=1S/C34H32N6O2.C29H24N6.2ClH/c1-33(2,3)42-32(41)37-34(18-9-19-34)25-16-14-23(15-17-25)30-38-39-31-26-12-7-8-13-27(26)36-29-28(40(30)31)20-24(21-35-29)22-10-5-4-6-11-22;30-29(15-6-16-29)22-13-11-20(12-14-22)27-33-34-28-23-9-4-5-10-24(23)32-26-25(35(27)28)17-21(18-31-26)19-7-2-1-3-8-19;;/h4-8,10-17,20-21H,9,18-19H2,1-3H3,(H,35,36)(H,37,41);1-5,7-14,17-18H,6,15-16,30H2,(H,31,32);2*1H. The van der Waals surface area contributed by atoms with Gasteiger partial charge in [-0.2, -0.15) is 0 Å². The lowest BCUT2D eigenvalue weighted by Gasteiger charge is -2.43. The number of hydrogen-bond acceptors (Lipinski definition) is 11. The molecule has 79 heavy (non-hydrogen) atoms. The van der Waals surface area contributed by atoms with Crippen LogP contribution in [0.4, 0.5) is 27.8 Å². The van der Waals surface area contributed by atoms with Gasteiger partial charge in [-0.1, -0.05) is 133 Å². The molecule has 6 aromatic carbocycles. The van der Waals surface area contributed by atoms with Gasteiger partial charge in [-0.25, -0.2) is 14.8 Å². The summed E-state index contributed by atoms with van der Waals surface area (Å²) in [6, 6.07) is 57.8. The van der Waals surface area contributed by atoms with Crippen LogP contribution in [-0.4, -0.2) is 51.2 Å². The van der Waals surface area contributed by atoms with Crippen LogP contribution in [0.5, 0.6) is 0 Å². The number of para-hydroxylation sites is 2. The second-order valence-electron chi connectivity index (χ2n) is 21.3. The number of amides is 1. The lowest BCUT2D eigenvalue weighted by atomic mass is 9.72. The third kappa shape index (κ3) is 9.77. The summed E-state index contributed by atoms with van der Waals surface area (Å²) < 4.78 is 9.77. The number of carbonyl (C=O) groups is 1. The second kappa shape index (κ2) is 20.9. The lowest BCUT2D eigenvalue weighted by Crippen LogP contribution is -2.52. The number of aromatic nitrogens is 8. The van der Waals surface area contributed by atoms with Crippen molar-refractivity contribution < 1.29 is 9.53 Å². The van der Waals surface area contributed by atoms with Crippen LogP contribution in [0.3, 0.4) is 0 Å². The molecule has 14 nitrogen and oxygen atoms in total. The van der Waals surface area contributed by atoms with Crippen molar-refractivity contribution in [2.45, 2.75) is 76.0 Å². The van der Waals surface area contributed by atoms with Crippen LogP contribution in [0, 0.1) is 0 Å². The first-order chi connectivity index (χ1) is 37.5. The molecule has 6 heterocycles. The Bertz CT molecular complexity index is 3850. The molecule has 10 aromatic rings. The number of halogens is 2. The van der Waals surface area contributed by atoms with Crippen LogP contribution >= 0.6 is 24.8 Å². The van der Waals surface area contributed by atoms with E-state index in [2.05, 4.69) is 131 Å². The van der Waals surface area contributed by atoms with Crippen molar-refractivity contribution in [3.63, 3.8) is 0 Å². The van der Waals surface area contributed by atoms with Crippen molar-refractivity contribution in [2.75, 3.05) is 10.6 Å². The molecule has 4 aliphatic rings.